The minimum Gasteiger partial charge on any atom is -0.478 e. The molecule has 0 bridgehead atoms. The first kappa shape index (κ1) is 9.18. The Kier molecular flexibility index (Phi) is 2.97. The fraction of sp³-hybridized carbons (Fsp3) is 0.125. The van der Waals surface area contributed by atoms with Crippen LogP contribution in [0.3, 0.4) is 0 Å². The number of hydrogen-bond donors (Lipinski definition) is 2. The molecule has 68 valence electrons. The molecule has 0 amide bonds. The van der Waals surface area contributed by atoms with E-state index in [1.165, 1.54) is 12.4 Å². The zero-order valence-corrected chi connectivity index (χ0v) is 6.90. The lowest BCUT2D eigenvalue weighted by Crippen LogP contribution is -2.05. The molecular weight excluding hydrogens is 170 g/mol. The minimum atomic E-state index is -1.03. The van der Waals surface area contributed by atoms with E-state index < -0.39 is 5.97 Å². The van der Waals surface area contributed by atoms with E-state index in [0.29, 0.717) is 12.5 Å². The lowest BCUT2D eigenvalue weighted by atomic mass is 10.3. The van der Waals surface area contributed by atoms with Crippen LogP contribution in [0.1, 0.15) is 10.4 Å². The number of carboxylic acids is 1. The molecule has 0 aliphatic carbocycles. The lowest BCUT2D eigenvalue weighted by Gasteiger charge is -1.99. The summed E-state index contributed by atoms with van der Waals surface area (Å²) in [5.74, 6) is -0.639. The van der Waals surface area contributed by atoms with Gasteiger partial charge >= 0.3 is 5.97 Å². The topological polar surface area (TPSA) is 75.1 Å². The van der Waals surface area contributed by atoms with Crippen LogP contribution in [0.5, 0.6) is 0 Å². The fourth-order valence-corrected chi connectivity index (χ4v) is 0.693. The summed E-state index contributed by atoms with van der Waals surface area (Å²) in [7, 11) is 0. The zero-order chi connectivity index (χ0) is 9.68. The van der Waals surface area contributed by atoms with Gasteiger partial charge in [0.2, 0.25) is 5.95 Å². The predicted molar refractivity (Wildman–Crippen MR) is 47.7 cm³/mol. The van der Waals surface area contributed by atoms with E-state index >= 15 is 0 Å². The SMILES string of the molecule is C=CCNc1ncc(C(=O)O)cn1. The van der Waals surface area contributed by atoms with E-state index in [1.807, 2.05) is 0 Å². The second kappa shape index (κ2) is 4.20. The molecule has 0 aliphatic rings. The van der Waals surface area contributed by atoms with Gasteiger partial charge in [-0.25, -0.2) is 14.8 Å². The van der Waals surface area contributed by atoms with Gasteiger partial charge in [-0.3, -0.25) is 0 Å². The normalized spacial score (nSPS) is 9.23. The molecule has 1 aromatic rings. The zero-order valence-electron chi connectivity index (χ0n) is 6.90. The standard InChI is InChI=1S/C8H9N3O2/c1-2-3-9-8-10-4-6(5-11-8)7(12)13/h2,4-5H,1,3H2,(H,12,13)(H,9,10,11). The average Bonchev–Trinajstić information content (AvgIpc) is 2.15. The van der Waals surface area contributed by atoms with Gasteiger partial charge in [-0.05, 0) is 0 Å². The van der Waals surface area contributed by atoms with Crippen LogP contribution in [-0.4, -0.2) is 27.6 Å². The smallest absolute Gasteiger partial charge is 0.338 e. The molecule has 5 nitrogen and oxygen atoms in total. The van der Waals surface area contributed by atoms with Crippen molar-refractivity contribution in [3.63, 3.8) is 0 Å². The number of hydrogen-bond acceptors (Lipinski definition) is 4. The van der Waals surface area contributed by atoms with Crippen LogP contribution in [0, 0.1) is 0 Å². The van der Waals surface area contributed by atoms with Gasteiger partial charge in [-0.1, -0.05) is 6.08 Å². The summed E-state index contributed by atoms with van der Waals surface area (Å²) in [6.45, 7) is 4.06. The lowest BCUT2D eigenvalue weighted by molar-refractivity contribution is 0.0696. The van der Waals surface area contributed by atoms with Crippen LogP contribution in [0.4, 0.5) is 5.95 Å². The summed E-state index contributed by atoms with van der Waals surface area (Å²) in [6.07, 6.45) is 4.16. The third-order valence-electron chi connectivity index (χ3n) is 1.30. The Labute approximate surface area is 75.1 Å². The van der Waals surface area contributed by atoms with E-state index in [-0.39, 0.29) is 5.56 Å². The monoisotopic (exact) mass is 179 g/mol. The molecule has 13 heavy (non-hydrogen) atoms. The quantitative estimate of drug-likeness (QED) is 0.668. The number of nitrogens with zero attached hydrogens (tertiary/aromatic N) is 2. The van der Waals surface area contributed by atoms with Crippen molar-refractivity contribution in [1.29, 1.82) is 0 Å². The van der Waals surface area contributed by atoms with Gasteiger partial charge in [0, 0.05) is 18.9 Å². The first-order valence-electron chi connectivity index (χ1n) is 3.64. The van der Waals surface area contributed by atoms with Crippen LogP contribution < -0.4 is 5.32 Å². The van der Waals surface area contributed by atoms with E-state index in [1.54, 1.807) is 6.08 Å². The summed E-state index contributed by atoms with van der Waals surface area (Å²) in [4.78, 5) is 18.0. The van der Waals surface area contributed by atoms with E-state index in [4.69, 9.17) is 5.11 Å². The van der Waals surface area contributed by atoms with Crippen LogP contribution in [-0.2, 0) is 0 Å². The molecule has 0 saturated heterocycles. The molecule has 0 saturated carbocycles. The number of aromatic nitrogens is 2. The Bertz CT molecular complexity index is 308. The van der Waals surface area contributed by atoms with Gasteiger partial charge < -0.3 is 10.4 Å². The van der Waals surface area contributed by atoms with Gasteiger partial charge in [-0.2, -0.15) is 0 Å². The molecule has 1 aromatic heterocycles. The highest BCUT2D eigenvalue weighted by molar-refractivity contribution is 5.86. The molecule has 2 N–H and O–H groups in total. The molecule has 0 fully saturated rings. The second-order valence-electron chi connectivity index (χ2n) is 2.27. The predicted octanol–water partition coefficient (Wildman–Crippen LogP) is 0.773. The number of nitrogens with one attached hydrogen (secondary N) is 1. The Morgan fingerprint density at radius 2 is 2.23 bits per heavy atom. The largest absolute Gasteiger partial charge is 0.478 e. The molecule has 1 rings (SSSR count). The molecule has 0 aromatic carbocycles. The number of aromatic carboxylic acids is 1. The Morgan fingerprint density at radius 3 is 2.69 bits per heavy atom. The number of anilines is 1. The van der Waals surface area contributed by atoms with Crippen molar-refractivity contribution in [3.8, 4) is 0 Å². The summed E-state index contributed by atoms with van der Waals surface area (Å²) in [6, 6.07) is 0. The highest BCUT2D eigenvalue weighted by Gasteiger charge is 2.02. The van der Waals surface area contributed by atoms with Gasteiger partial charge in [0.1, 0.15) is 0 Å². The molecule has 0 aliphatic heterocycles. The third kappa shape index (κ3) is 2.55. The van der Waals surface area contributed by atoms with Crippen molar-refractivity contribution in [3.05, 3.63) is 30.6 Å². The summed E-state index contributed by atoms with van der Waals surface area (Å²) >= 11 is 0. The maximum absolute atomic E-state index is 10.4. The highest BCUT2D eigenvalue weighted by Crippen LogP contribution is 1.99. The summed E-state index contributed by atoms with van der Waals surface area (Å²) < 4.78 is 0. The van der Waals surface area contributed by atoms with E-state index in [2.05, 4.69) is 21.9 Å². The van der Waals surface area contributed by atoms with Crippen molar-refractivity contribution in [1.82, 2.24) is 9.97 Å². The summed E-state index contributed by atoms with van der Waals surface area (Å²) in [5.41, 5.74) is 0.0733. The minimum absolute atomic E-state index is 0.0733. The summed E-state index contributed by atoms with van der Waals surface area (Å²) in [5, 5.41) is 11.4. The van der Waals surface area contributed by atoms with Crippen LogP contribution in [0.25, 0.3) is 0 Å². The fourth-order valence-electron chi connectivity index (χ4n) is 0.693. The van der Waals surface area contributed by atoms with E-state index in [9.17, 15) is 4.79 Å². The third-order valence-corrected chi connectivity index (χ3v) is 1.30. The Morgan fingerprint density at radius 1 is 1.62 bits per heavy atom. The number of carbonyl (C=O) groups is 1. The van der Waals surface area contributed by atoms with Gasteiger partial charge in [0.05, 0.1) is 5.56 Å². The average molecular weight is 179 g/mol. The van der Waals surface area contributed by atoms with Crippen LogP contribution >= 0.6 is 0 Å². The Balaban J connectivity index is 2.69. The van der Waals surface area contributed by atoms with Gasteiger partial charge in [0.25, 0.3) is 0 Å². The van der Waals surface area contributed by atoms with Crippen LogP contribution in [0.2, 0.25) is 0 Å². The molecule has 0 spiro atoms. The maximum Gasteiger partial charge on any atom is 0.338 e. The van der Waals surface area contributed by atoms with Crippen molar-refractivity contribution >= 4 is 11.9 Å². The van der Waals surface area contributed by atoms with Gasteiger partial charge in [0.15, 0.2) is 0 Å². The number of carboxylic acid groups (broad SMARTS) is 1. The molecule has 0 atom stereocenters. The first-order valence-corrected chi connectivity index (χ1v) is 3.64. The van der Waals surface area contributed by atoms with Crippen molar-refractivity contribution in [2.45, 2.75) is 0 Å². The molecule has 1 heterocycles. The van der Waals surface area contributed by atoms with Crippen molar-refractivity contribution < 1.29 is 9.90 Å². The van der Waals surface area contributed by atoms with Crippen molar-refractivity contribution in [2.75, 3.05) is 11.9 Å². The highest BCUT2D eigenvalue weighted by atomic mass is 16.4. The van der Waals surface area contributed by atoms with E-state index in [0.717, 1.165) is 0 Å². The van der Waals surface area contributed by atoms with Crippen molar-refractivity contribution in [2.24, 2.45) is 0 Å². The number of rotatable bonds is 4. The molecular formula is C8H9N3O2. The maximum atomic E-state index is 10.4. The Hall–Kier alpha value is -1.91. The first-order chi connectivity index (χ1) is 6.24. The second-order valence-corrected chi connectivity index (χ2v) is 2.27. The molecule has 5 heteroatoms. The molecule has 0 radical (unpaired) electrons. The molecule has 0 unspecified atom stereocenters. The van der Waals surface area contributed by atoms with Crippen LogP contribution in [0.15, 0.2) is 25.0 Å². The van der Waals surface area contributed by atoms with Gasteiger partial charge in [-0.15, -0.1) is 6.58 Å².